The lowest BCUT2D eigenvalue weighted by atomic mass is 10.0. The van der Waals surface area contributed by atoms with E-state index in [2.05, 4.69) is 5.32 Å². The maximum atomic E-state index is 13.3. The lowest BCUT2D eigenvalue weighted by Gasteiger charge is -2.14. The molecular formula is C30H24N2O6S2. The molecule has 4 aromatic carbocycles. The first-order valence-corrected chi connectivity index (χ1v) is 14.5. The van der Waals surface area contributed by atoms with E-state index in [4.69, 9.17) is 4.18 Å². The highest BCUT2D eigenvalue weighted by Crippen LogP contribution is 2.38. The Labute approximate surface area is 235 Å². The summed E-state index contributed by atoms with van der Waals surface area (Å²) in [6.07, 6.45) is 1.51. The van der Waals surface area contributed by atoms with Crippen LogP contribution >= 0.6 is 11.8 Å². The number of thioether (sulfide) groups is 1. The molecule has 0 bridgehead atoms. The number of anilines is 1. The number of imide groups is 1. The Morgan fingerprint density at radius 3 is 2.45 bits per heavy atom. The largest absolute Gasteiger partial charge is 0.378 e. The van der Waals surface area contributed by atoms with Crippen LogP contribution in [0.3, 0.4) is 0 Å². The van der Waals surface area contributed by atoms with Crippen LogP contribution in [-0.2, 0) is 26.3 Å². The van der Waals surface area contributed by atoms with Gasteiger partial charge in [0.25, 0.3) is 11.1 Å². The number of carbonyl (C=O) groups is 3. The van der Waals surface area contributed by atoms with Crippen molar-refractivity contribution in [2.24, 2.45) is 0 Å². The predicted molar refractivity (Wildman–Crippen MR) is 155 cm³/mol. The van der Waals surface area contributed by atoms with Gasteiger partial charge in [0.05, 0.1) is 11.4 Å². The summed E-state index contributed by atoms with van der Waals surface area (Å²) in [4.78, 5) is 38.6. The number of benzene rings is 4. The zero-order chi connectivity index (χ0) is 28.4. The Balaban J connectivity index is 1.50. The van der Waals surface area contributed by atoms with Gasteiger partial charge in [-0.3, -0.25) is 19.3 Å². The summed E-state index contributed by atoms with van der Waals surface area (Å²) in [5.41, 5.74) is 2.65. The van der Waals surface area contributed by atoms with Crippen molar-refractivity contribution in [3.8, 4) is 5.75 Å². The van der Waals surface area contributed by atoms with Crippen LogP contribution in [0.1, 0.15) is 23.6 Å². The molecule has 1 fully saturated rings. The maximum Gasteiger partial charge on any atom is 0.339 e. The molecule has 1 aliphatic heterocycles. The lowest BCUT2D eigenvalue weighted by molar-refractivity contribution is -0.123. The molecule has 5 rings (SSSR count). The Hall–Kier alpha value is -4.41. The third-order valence-electron chi connectivity index (χ3n) is 6.17. The highest BCUT2D eigenvalue weighted by Gasteiger charge is 2.35. The van der Waals surface area contributed by atoms with Gasteiger partial charge in [-0.15, -0.1) is 0 Å². The SMILES string of the molecule is CC(=O)Nc1ccc(S(=O)(=O)Oc2ccc3ccccc3c2/C=C2\SC(=O)N(Cc3cccc(C)c3)C2=O)cc1. The third-order valence-corrected chi connectivity index (χ3v) is 8.32. The second-order valence-corrected chi connectivity index (χ2v) is 11.7. The van der Waals surface area contributed by atoms with Crippen LogP contribution in [0.4, 0.5) is 10.5 Å². The van der Waals surface area contributed by atoms with Gasteiger partial charge in [-0.2, -0.15) is 8.42 Å². The number of nitrogens with zero attached hydrogens (tertiary/aromatic N) is 1. The minimum Gasteiger partial charge on any atom is -0.378 e. The molecule has 40 heavy (non-hydrogen) atoms. The summed E-state index contributed by atoms with van der Waals surface area (Å²) >= 11 is 0.797. The molecule has 1 N–H and O–H groups in total. The van der Waals surface area contributed by atoms with Gasteiger partial charge in [-0.1, -0.05) is 60.2 Å². The van der Waals surface area contributed by atoms with Gasteiger partial charge >= 0.3 is 10.1 Å². The van der Waals surface area contributed by atoms with Crippen molar-refractivity contribution in [3.63, 3.8) is 0 Å². The highest BCUT2D eigenvalue weighted by molar-refractivity contribution is 8.18. The zero-order valence-corrected chi connectivity index (χ0v) is 23.2. The summed E-state index contributed by atoms with van der Waals surface area (Å²) in [5.74, 6) is -0.738. The number of nitrogens with one attached hydrogen (secondary N) is 1. The van der Waals surface area contributed by atoms with E-state index in [0.717, 1.165) is 28.3 Å². The number of carbonyl (C=O) groups excluding carboxylic acids is 3. The smallest absolute Gasteiger partial charge is 0.339 e. The molecular weight excluding hydrogens is 548 g/mol. The molecule has 1 saturated heterocycles. The van der Waals surface area contributed by atoms with Crippen molar-refractivity contribution in [1.29, 1.82) is 0 Å². The molecule has 10 heteroatoms. The maximum absolute atomic E-state index is 13.3. The first kappa shape index (κ1) is 27.2. The van der Waals surface area contributed by atoms with Crippen LogP contribution < -0.4 is 9.50 Å². The van der Waals surface area contributed by atoms with Crippen LogP contribution in [-0.4, -0.2) is 30.4 Å². The molecule has 4 aromatic rings. The first-order chi connectivity index (χ1) is 19.1. The molecule has 0 unspecified atom stereocenters. The van der Waals surface area contributed by atoms with Gasteiger partial charge in [0.1, 0.15) is 4.90 Å². The topological polar surface area (TPSA) is 110 Å². The third kappa shape index (κ3) is 5.78. The van der Waals surface area contributed by atoms with Crippen LogP contribution in [0.25, 0.3) is 16.8 Å². The predicted octanol–water partition coefficient (Wildman–Crippen LogP) is 6.11. The fraction of sp³-hybridized carbons (Fsp3) is 0.100. The average Bonchev–Trinajstić information content (AvgIpc) is 3.17. The molecule has 0 spiro atoms. The van der Waals surface area contributed by atoms with Crippen molar-refractivity contribution in [2.45, 2.75) is 25.3 Å². The number of aryl methyl sites for hydroxylation is 1. The average molecular weight is 573 g/mol. The molecule has 1 aliphatic rings. The number of amides is 3. The summed E-state index contributed by atoms with van der Waals surface area (Å²) in [7, 11) is -4.27. The van der Waals surface area contributed by atoms with Crippen LogP contribution in [0.5, 0.6) is 5.75 Å². The Bertz CT molecular complexity index is 1800. The van der Waals surface area contributed by atoms with Gasteiger partial charge in [0, 0.05) is 18.2 Å². The lowest BCUT2D eigenvalue weighted by Crippen LogP contribution is -2.27. The van der Waals surface area contributed by atoms with E-state index in [9.17, 15) is 22.8 Å². The van der Waals surface area contributed by atoms with Crippen LogP contribution in [0.2, 0.25) is 0 Å². The van der Waals surface area contributed by atoms with Gasteiger partial charge in [-0.05, 0) is 71.4 Å². The highest BCUT2D eigenvalue weighted by atomic mass is 32.2. The molecule has 1 heterocycles. The Morgan fingerprint density at radius 1 is 0.975 bits per heavy atom. The first-order valence-electron chi connectivity index (χ1n) is 12.3. The van der Waals surface area contributed by atoms with E-state index < -0.39 is 21.3 Å². The zero-order valence-electron chi connectivity index (χ0n) is 21.6. The number of fused-ring (bicyclic) bond motifs is 1. The fourth-order valence-corrected chi connectivity index (χ4v) is 6.10. The Kier molecular flexibility index (Phi) is 7.46. The van der Waals surface area contributed by atoms with E-state index >= 15 is 0 Å². The summed E-state index contributed by atoms with van der Waals surface area (Å²) in [6.45, 7) is 3.42. The fourth-order valence-electron chi connectivity index (χ4n) is 4.33. The van der Waals surface area contributed by atoms with Crippen molar-refractivity contribution in [3.05, 3.63) is 107 Å². The van der Waals surface area contributed by atoms with E-state index in [1.54, 1.807) is 18.2 Å². The number of rotatable bonds is 7. The Morgan fingerprint density at radius 2 is 1.73 bits per heavy atom. The quantitative estimate of drug-likeness (QED) is 0.210. The van der Waals surface area contributed by atoms with E-state index in [1.807, 2.05) is 43.3 Å². The van der Waals surface area contributed by atoms with Gasteiger partial charge < -0.3 is 9.50 Å². The normalized spacial score (nSPS) is 14.7. The van der Waals surface area contributed by atoms with Gasteiger partial charge in [0.15, 0.2) is 5.75 Å². The molecule has 0 radical (unpaired) electrons. The van der Waals surface area contributed by atoms with E-state index in [-0.39, 0.29) is 28.0 Å². The number of hydrogen-bond donors (Lipinski definition) is 1. The standard InChI is InChI=1S/C30H24N2O6S2/c1-19-6-5-7-21(16-19)18-32-29(34)28(39-30(32)35)17-26-25-9-4-3-8-22(25)10-15-27(26)38-40(36,37)24-13-11-23(12-14-24)31-20(2)33/h3-17H,18H2,1-2H3,(H,31,33)/b28-17-. The summed E-state index contributed by atoms with van der Waals surface area (Å²) < 4.78 is 32.0. The second-order valence-electron chi connectivity index (χ2n) is 9.20. The molecule has 3 amide bonds. The van der Waals surface area contributed by atoms with Gasteiger partial charge in [0.2, 0.25) is 5.91 Å². The number of hydrogen-bond acceptors (Lipinski definition) is 7. The van der Waals surface area contributed by atoms with Crippen LogP contribution in [0, 0.1) is 6.92 Å². The molecule has 8 nitrogen and oxygen atoms in total. The summed E-state index contributed by atoms with van der Waals surface area (Å²) in [6, 6.07) is 23.7. The molecule has 0 atom stereocenters. The minimum atomic E-state index is -4.27. The second kappa shape index (κ2) is 11.0. The molecule has 0 aromatic heterocycles. The minimum absolute atomic E-state index is 0.00937. The van der Waals surface area contributed by atoms with Crippen molar-refractivity contribution >= 4 is 61.5 Å². The monoisotopic (exact) mass is 572 g/mol. The van der Waals surface area contributed by atoms with Crippen LogP contribution in [0.15, 0.2) is 94.7 Å². The molecule has 0 saturated carbocycles. The van der Waals surface area contributed by atoms with Crippen molar-refractivity contribution in [1.82, 2.24) is 4.90 Å². The molecule has 202 valence electrons. The van der Waals surface area contributed by atoms with E-state index in [0.29, 0.717) is 16.6 Å². The summed E-state index contributed by atoms with van der Waals surface area (Å²) in [5, 5.41) is 3.63. The van der Waals surface area contributed by atoms with Gasteiger partial charge in [-0.25, -0.2) is 0 Å². The molecule has 0 aliphatic carbocycles. The van der Waals surface area contributed by atoms with Crippen molar-refractivity contribution in [2.75, 3.05) is 5.32 Å². The van der Waals surface area contributed by atoms with Crippen molar-refractivity contribution < 1.29 is 27.0 Å². The van der Waals surface area contributed by atoms with E-state index in [1.165, 1.54) is 48.2 Å².